The first-order chi connectivity index (χ1) is 21.0. The second-order valence-electron chi connectivity index (χ2n) is 12.9. The third kappa shape index (κ3) is 6.78. The molecule has 44 heavy (non-hydrogen) atoms. The van der Waals surface area contributed by atoms with Crippen LogP contribution in [0.15, 0.2) is 79.1 Å². The summed E-state index contributed by atoms with van der Waals surface area (Å²) >= 11 is 0. The van der Waals surface area contributed by atoms with Gasteiger partial charge in [-0.15, -0.1) is 0 Å². The summed E-state index contributed by atoms with van der Waals surface area (Å²) in [6.45, 7) is 8.08. The zero-order chi connectivity index (χ0) is 31.4. The molecule has 5 rings (SSSR count). The largest absolute Gasteiger partial charge is 0.445 e. The summed E-state index contributed by atoms with van der Waals surface area (Å²) in [6, 6.07) is 19.5. The molecule has 1 unspecified atom stereocenters. The molecule has 1 aromatic heterocycles. The molecule has 3 amide bonds. The molecule has 0 spiro atoms. The van der Waals surface area contributed by atoms with E-state index in [0.29, 0.717) is 43.7 Å². The number of ether oxygens (including phenoxy) is 1. The molecule has 3 aromatic rings. The third-order valence-corrected chi connectivity index (χ3v) is 8.62. The maximum absolute atomic E-state index is 14.7. The van der Waals surface area contributed by atoms with E-state index in [1.165, 1.54) is 4.90 Å². The Balaban J connectivity index is 1.50. The van der Waals surface area contributed by atoms with Crippen LogP contribution in [0.25, 0.3) is 0 Å². The molecular weight excluding hydrogens is 554 g/mol. The van der Waals surface area contributed by atoms with Gasteiger partial charge in [0, 0.05) is 49.3 Å². The average molecular weight is 598 g/mol. The van der Waals surface area contributed by atoms with Crippen LogP contribution in [0.3, 0.4) is 0 Å². The molecule has 9 nitrogen and oxygen atoms in total. The van der Waals surface area contributed by atoms with Crippen molar-refractivity contribution >= 4 is 23.6 Å². The van der Waals surface area contributed by atoms with Crippen molar-refractivity contribution in [2.45, 2.75) is 63.8 Å². The zero-order valence-corrected chi connectivity index (χ0v) is 26.3. The number of anilines is 1. The average Bonchev–Trinajstić information content (AvgIpc) is 3.48. The van der Waals surface area contributed by atoms with Crippen LogP contribution in [0.5, 0.6) is 0 Å². The maximum Gasteiger partial charge on any atom is 0.410 e. The number of pyridine rings is 1. The topological polar surface area (TPSA) is 86.3 Å². The van der Waals surface area contributed by atoms with E-state index in [1.807, 2.05) is 74.8 Å². The van der Waals surface area contributed by atoms with Gasteiger partial charge in [0.2, 0.25) is 0 Å². The minimum absolute atomic E-state index is 0.0878. The Hall–Kier alpha value is -4.24. The number of likely N-dealkylation sites (tertiary alicyclic amines) is 2. The lowest BCUT2D eigenvalue weighted by molar-refractivity contribution is -0.141. The van der Waals surface area contributed by atoms with Crippen LogP contribution in [0.4, 0.5) is 10.5 Å². The van der Waals surface area contributed by atoms with Crippen LogP contribution in [0.1, 0.15) is 56.3 Å². The Morgan fingerprint density at radius 3 is 2.30 bits per heavy atom. The molecule has 2 fully saturated rings. The Bertz CT molecular complexity index is 1430. The number of aromatic nitrogens is 1. The standard InChI is InChI=1S/C35H43N5O4/c1-35(2,3)27-15-17-28(18-16-27)40(31(26-13-9-19-36-21-26)33(42)38-22-29(23-38)37(4)5)32(41)30-14-10-20-39(30)34(43)44-24-25-11-7-6-8-12-25/h6-9,11-13,15-19,21,29-31H,10,14,20,22-24H2,1-5H3/t30-,31?/m1/s1. The predicted octanol–water partition coefficient (Wildman–Crippen LogP) is 5.03. The molecule has 2 atom stereocenters. The van der Waals surface area contributed by atoms with Gasteiger partial charge in [0.25, 0.3) is 11.8 Å². The van der Waals surface area contributed by atoms with Crippen molar-refractivity contribution in [3.8, 4) is 0 Å². The third-order valence-electron chi connectivity index (χ3n) is 8.62. The summed E-state index contributed by atoms with van der Waals surface area (Å²) < 4.78 is 5.65. The number of amides is 3. The maximum atomic E-state index is 14.7. The van der Waals surface area contributed by atoms with Gasteiger partial charge in [0.05, 0.1) is 0 Å². The number of likely N-dealkylation sites (N-methyl/N-ethyl adjacent to an activating group) is 1. The highest BCUT2D eigenvalue weighted by Crippen LogP contribution is 2.35. The van der Waals surface area contributed by atoms with Gasteiger partial charge in [-0.3, -0.25) is 24.4 Å². The quantitative estimate of drug-likeness (QED) is 0.362. The molecule has 0 bridgehead atoms. The Labute approximate surface area is 260 Å². The van der Waals surface area contributed by atoms with Crippen LogP contribution in [0.2, 0.25) is 0 Å². The van der Waals surface area contributed by atoms with Gasteiger partial charge in [0.15, 0.2) is 0 Å². The van der Waals surface area contributed by atoms with Crippen molar-refractivity contribution in [2.75, 3.05) is 38.6 Å². The minimum atomic E-state index is -0.942. The van der Waals surface area contributed by atoms with Gasteiger partial charge in [-0.1, -0.05) is 69.3 Å². The first-order valence-electron chi connectivity index (χ1n) is 15.3. The molecule has 0 saturated carbocycles. The van der Waals surface area contributed by atoms with E-state index >= 15 is 0 Å². The van der Waals surface area contributed by atoms with Crippen molar-refractivity contribution in [1.82, 2.24) is 19.7 Å². The first kappa shape index (κ1) is 31.2. The summed E-state index contributed by atoms with van der Waals surface area (Å²) in [5.41, 5.74) is 3.11. The fourth-order valence-corrected chi connectivity index (χ4v) is 5.80. The van der Waals surface area contributed by atoms with Crippen LogP contribution in [0, 0.1) is 0 Å². The molecule has 0 N–H and O–H groups in total. The van der Waals surface area contributed by atoms with E-state index in [2.05, 4.69) is 30.7 Å². The summed E-state index contributed by atoms with van der Waals surface area (Å²) in [7, 11) is 4.01. The first-order valence-corrected chi connectivity index (χ1v) is 15.3. The smallest absolute Gasteiger partial charge is 0.410 e. The van der Waals surface area contributed by atoms with Crippen molar-refractivity contribution in [1.29, 1.82) is 0 Å². The van der Waals surface area contributed by atoms with E-state index < -0.39 is 18.2 Å². The van der Waals surface area contributed by atoms with Crippen LogP contribution in [-0.2, 0) is 26.3 Å². The van der Waals surface area contributed by atoms with Gasteiger partial charge in [-0.2, -0.15) is 0 Å². The van der Waals surface area contributed by atoms with E-state index in [4.69, 9.17) is 4.74 Å². The molecule has 3 heterocycles. The number of carbonyl (C=O) groups excluding carboxylic acids is 3. The second-order valence-corrected chi connectivity index (χ2v) is 12.9. The van der Waals surface area contributed by atoms with Crippen molar-refractivity contribution in [2.24, 2.45) is 0 Å². The number of rotatable bonds is 8. The van der Waals surface area contributed by atoms with Gasteiger partial charge in [-0.25, -0.2) is 4.79 Å². The van der Waals surface area contributed by atoms with Crippen LogP contribution >= 0.6 is 0 Å². The number of hydrogen-bond acceptors (Lipinski definition) is 6. The highest BCUT2D eigenvalue weighted by atomic mass is 16.6. The predicted molar refractivity (Wildman–Crippen MR) is 170 cm³/mol. The summed E-state index contributed by atoms with van der Waals surface area (Å²) in [6.07, 6.45) is 3.92. The highest BCUT2D eigenvalue weighted by Gasteiger charge is 2.45. The summed E-state index contributed by atoms with van der Waals surface area (Å²) in [5, 5.41) is 0. The monoisotopic (exact) mass is 597 g/mol. The Kier molecular flexibility index (Phi) is 9.34. The fourth-order valence-electron chi connectivity index (χ4n) is 5.80. The van der Waals surface area contributed by atoms with E-state index in [0.717, 1.165) is 11.1 Å². The van der Waals surface area contributed by atoms with E-state index in [1.54, 1.807) is 28.3 Å². The SMILES string of the molecule is CN(C)C1CN(C(=O)C(c2cccnc2)N(C(=O)[C@H]2CCCN2C(=O)OCc2ccccc2)c2ccc(C(C)(C)C)cc2)C1. The molecule has 0 aliphatic carbocycles. The highest BCUT2D eigenvalue weighted by molar-refractivity contribution is 6.05. The van der Waals surface area contributed by atoms with Crippen molar-refractivity contribution in [3.63, 3.8) is 0 Å². The summed E-state index contributed by atoms with van der Waals surface area (Å²) in [5.74, 6) is -0.477. The minimum Gasteiger partial charge on any atom is -0.445 e. The van der Waals surface area contributed by atoms with Crippen LogP contribution in [-0.4, -0.2) is 83.4 Å². The lowest BCUT2D eigenvalue weighted by Gasteiger charge is -2.46. The van der Waals surface area contributed by atoms with E-state index in [9.17, 15) is 14.4 Å². The molecule has 2 saturated heterocycles. The van der Waals surface area contributed by atoms with Crippen molar-refractivity contribution in [3.05, 3.63) is 95.8 Å². The van der Waals surface area contributed by atoms with Crippen LogP contribution < -0.4 is 4.90 Å². The molecule has 2 aliphatic heterocycles. The molecule has 0 radical (unpaired) electrons. The van der Waals surface area contributed by atoms with Gasteiger partial charge in [0.1, 0.15) is 18.7 Å². The number of nitrogens with zero attached hydrogens (tertiary/aromatic N) is 5. The molecule has 232 valence electrons. The molecular formula is C35H43N5O4. The zero-order valence-electron chi connectivity index (χ0n) is 26.3. The lowest BCUT2D eigenvalue weighted by Crippen LogP contribution is -2.62. The van der Waals surface area contributed by atoms with Gasteiger partial charge >= 0.3 is 6.09 Å². The normalized spacial score (nSPS) is 17.7. The fraction of sp³-hybridized carbons (Fsp3) is 0.429. The molecule has 9 heteroatoms. The Morgan fingerprint density at radius 2 is 1.68 bits per heavy atom. The van der Waals surface area contributed by atoms with Gasteiger partial charge in [-0.05, 0) is 61.7 Å². The number of hydrogen-bond donors (Lipinski definition) is 0. The molecule has 2 aliphatic rings. The number of benzene rings is 2. The van der Waals surface area contributed by atoms with Gasteiger partial charge < -0.3 is 14.5 Å². The number of carbonyl (C=O) groups is 3. The second kappa shape index (κ2) is 13.2. The van der Waals surface area contributed by atoms with E-state index in [-0.39, 0.29) is 29.9 Å². The lowest BCUT2D eigenvalue weighted by atomic mass is 9.87. The molecule has 2 aromatic carbocycles. The van der Waals surface area contributed by atoms with Crippen molar-refractivity contribution < 1.29 is 19.1 Å². The Morgan fingerprint density at radius 1 is 0.977 bits per heavy atom. The summed E-state index contributed by atoms with van der Waals surface area (Å²) in [4.78, 5) is 53.7.